The third kappa shape index (κ3) is 2.67. The molecular weight excluding hydrogens is 238 g/mol. The summed E-state index contributed by atoms with van der Waals surface area (Å²) < 4.78 is 0. The summed E-state index contributed by atoms with van der Waals surface area (Å²) in [7, 11) is 0. The minimum absolute atomic E-state index is 0.0252. The van der Waals surface area contributed by atoms with Crippen LogP contribution in [0.25, 0.3) is 11.1 Å². The zero-order valence-corrected chi connectivity index (χ0v) is 10.7. The summed E-state index contributed by atoms with van der Waals surface area (Å²) in [6.45, 7) is 0. The van der Waals surface area contributed by atoms with Gasteiger partial charge >= 0.3 is 0 Å². The highest BCUT2D eigenvalue weighted by Gasteiger charge is 2.18. The minimum Gasteiger partial charge on any atom is -0.349 e. The number of nitrogens with one attached hydrogen (secondary N) is 2. The highest BCUT2D eigenvalue weighted by atomic mass is 16.1. The summed E-state index contributed by atoms with van der Waals surface area (Å²) in [5.41, 5.74) is 2.72. The van der Waals surface area contributed by atoms with E-state index in [0.717, 1.165) is 24.0 Å². The fourth-order valence-electron chi connectivity index (χ4n) is 2.59. The molecule has 2 aromatic rings. The van der Waals surface area contributed by atoms with Crippen molar-refractivity contribution in [2.75, 3.05) is 0 Å². The van der Waals surface area contributed by atoms with E-state index in [1.165, 1.54) is 12.8 Å². The van der Waals surface area contributed by atoms with Crippen molar-refractivity contribution in [1.29, 1.82) is 0 Å². The molecule has 1 aliphatic carbocycles. The smallest absolute Gasteiger partial charge is 0.251 e. The lowest BCUT2D eigenvalue weighted by molar-refractivity contribution is 0.0938. The molecule has 2 N–H and O–H groups in total. The van der Waals surface area contributed by atoms with Gasteiger partial charge in [0, 0.05) is 23.4 Å². The van der Waals surface area contributed by atoms with Gasteiger partial charge in [-0.3, -0.25) is 9.89 Å². The Balaban J connectivity index is 1.77. The number of benzene rings is 1. The number of H-pyrrole nitrogens is 1. The summed E-state index contributed by atoms with van der Waals surface area (Å²) in [6.07, 6.45) is 8.24. The van der Waals surface area contributed by atoms with Crippen LogP contribution < -0.4 is 5.32 Å². The third-order valence-corrected chi connectivity index (χ3v) is 3.65. The molecule has 1 amide bonds. The molecule has 98 valence electrons. The molecule has 1 heterocycles. The van der Waals surface area contributed by atoms with E-state index in [4.69, 9.17) is 0 Å². The number of aromatic amines is 1. The van der Waals surface area contributed by atoms with Gasteiger partial charge in [-0.25, -0.2) is 0 Å². The van der Waals surface area contributed by atoms with Gasteiger partial charge in [0.25, 0.3) is 5.91 Å². The molecule has 0 unspecified atom stereocenters. The first kappa shape index (κ1) is 12.0. The fraction of sp³-hybridized carbons (Fsp3) is 0.333. The Kier molecular flexibility index (Phi) is 3.31. The third-order valence-electron chi connectivity index (χ3n) is 3.65. The van der Waals surface area contributed by atoms with E-state index in [2.05, 4.69) is 15.5 Å². The molecule has 1 fully saturated rings. The van der Waals surface area contributed by atoms with Crippen LogP contribution in [0.5, 0.6) is 0 Å². The maximum absolute atomic E-state index is 12.2. The first-order chi connectivity index (χ1) is 9.33. The van der Waals surface area contributed by atoms with Gasteiger partial charge in [0.1, 0.15) is 0 Å². The van der Waals surface area contributed by atoms with Crippen molar-refractivity contribution in [3.05, 3.63) is 42.2 Å². The highest BCUT2D eigenvalue weighted by molar-refractivity contribution is 5.95. The fourth-order valence-corrected chi connectivity index (χ4v) is 2.59. The van der Waals surface area contributed by atoms with Crippen LogP contribution in [0.15, 0.2) is 36.7 Å². The predicted molar refractivity (Wildman–Crippen MR) is 73.7 cm³/mol. The molecule has 0 radical (unpaired) electrons. The van der Waals surface area contributed by atoms with Gasteiger partial charge in [-0.2, -0.15) is 5.10 Å². The Morgan fingerprint density at radius 1 is 1.26 bits per heavy atom. The Labute approximate surface area is 112 Å². The minimum atomic E-state index is 0.0252. The second-order valence-electron chi connectivity index (χ2n) is 5.02. The molecule has 4 nitrogen and oxygen atoms in total. The molecule has 1 saturated carbocycles. The normalized spacial score (nSPS) is 15.6. The average molecular weight is 255 g/mol. The highest BCUT2D eigenvalue weighted by Crippen LogP contribution is 2.20. The molecule has 0 aliphatic heterocycles. The van der Waals surface area contributed by atoms with Gasteiger partial charge in [0.15, 0.2) is 0 Å². The van der Waals surface area contributed by atoms with Crippen LogP contribution in [0.1, 0.15) is 36.0 Å². The molecule has 0 saturated heterocycles. The molecule has 0 atom stereocenters. The van der Waals surface area contributed by atoms with Gasteiger partial charge in [-0.05, 0) is 30.5 Å². The van der Waals surface area contributed by atoms with Crippen molar-refractivity contribution in [1.82, 2.24) is 15.5 Å². The molecule has 4 heteroatoms. The van der Waals surface area contributed by atoms with Crippen molar-refractivity contribution in [3.8, 4) is 11.1 Å². The number of hydrogen-bond donors (Lipinski definition) is 2. The summed E-state index contributed by atoms with van der Waals surface area (Å²) in [5, 5.41) is 9.82. The summed E-state index contributed by atoms with van der Waals surface area (Å²) in [6, 6.07) is 8.01. The zero-order chi connectivity index (χ0) is 13.1. The first-order valence-electron chi connectivity index (χ1n) is 6.73. The molecule has 1 aliphatic rings. The van der Waals surface area contributed by atoms with Crippen LogP contribution in [0.2, 0.25) is 0 Å². The van der Waals surface area contributed by atoms with E-state index in [1.54, 1.807) is 6.20 Å². The molecular formula is C15H17N3O. The quantitative estimate of drug-likeness (QED) is 0.886. The van der Waals surface area contributed by atoms with Gasteiger partial charge < -0.3 is 5.32 Å². The number of hydrogen-bond acceptors (Lipinski definition) is 2. The van der Waals surface area contributed by atoms with Gasteiger partial charge in [-0.1, -0.05) is 25.0 Å². The number of carbonyl (C=O) groups excluding carboxylic acids is 1. The second kappa shape index (κ2) is 5.26. The molecule has 1 aromatic heterocycles. The van der Waals surface area contributed by atoms with Crippen molar-refractivity contribution in [2.24, 2.45) is 0 Å². The van der Waals surface area contributed by atoms with Crippen LogP contribution in [-0.2, 0) is 0 Å². The SMILES string of the molecule is O=C(NC1CCCC1)c1cccc(-c2cn[nH]c2)c1. The van der Waals surface area contributed by atoms with Crippen molar-refractivity contribution in [3.63, 3.8) is 0 Å². The Morgan fingerprint density at radius 2 is 2.11 bits per heavy atom. The van der Waals surface area contributed by atoms with E-state index >= 15 is 0 Å². The molecule has 19 heavy (non-hydrogen) atoms. The van der Waals surface area contributed by atoms with E-state index in [-0.39, 0.29) is 5.91 Å². The van der Waals surface area contributed by atoms with Crippen molar-refractivity contribution in [2.45, 2.75) is 31.7 Å². The largest absolute Gasteiger partial charge is 0.349 e. The van der Waals surface area contributed by atoms with Crippen LogP contribution in [0.3, 0.4) is 0 Å². The van der Waals surface area contributed by atoms with E-state index in [1.807, 2.05) is 30.5 Å². The van der Waals surface area contributed by atoms with Gasteiger partial charge in [0.2, 0.25) is 0 Å². The summed E-state index contributed by atoms with van der Waals surface area (Å²) >= 11 is 0. The van der Waals surface area contributed by atoms with E-state index in [9.17, 15) is 4.79 Å². The monoisotopic (exact) mass is 255 g/mol. The van der Waals surface area contributed by atoms with Gasteiger partial charge in [0.05, 0.1) is 6.20 Å². The molecule has 1 aromatic carbocycles. The van der Waals surface area contributed by atoms with E-state index in [0.29, 0.717) is 11.6 Å². The standard InChI is InChI=1S/C15H17N3O/c19-15(18-14-6-1-2-7-14)12-5-3-4-11(8-12)13-9-16-17-10-13/h3-5,8-10,14H,1-2,6-7H2,(H,16,17)(H,18,19). The topological polar surface area (TPSA) is 57.8 Å². The number of carbonyl (C=O) groups is 1. The predicted octanol–water partition coefficient (Wildman–Crippen LogP) is 2.75. The summed E-state index contributed by atoms with van der Waals surface area (Å²) in [4.78, 5) is 12.2. The van der Waals surface area contributed by atoms with Crippen LogP contribution in [0.4, 0.5) is 0 Å². The number of amides is 1. The lowest BCUT2D eigenvalue weighted by Gasteiger charge is -2.12. The molecule has 0 bridgehead atoms. The lowest BCUT2D eigenvalue weighted by Crippen LogP contribution is -2.32. The maximum Gasteiger partial charge on any atom is 0.251 e. The first-order valence-corrected chi connectivity index (χ1v) is 6.73. The maximum atomic E-state index is 12.2. The number of aromatic nitrogens is 2. The van der Waals surface area contributed by atoms with Crippen molar-refractivity contribution >= 4 is 5.91 Å². The van der Waals surface area contributed by atoms with Crippen LogP contribution in [-0.4, -0.2) is 22.1 Å². The Morgan fingerprint density at radius 3 is 2.84 bits per heavy atom. The number of nitrogens with zero attached hydrogens (tertiary/aromatic N) is 1. The zero-order valence-electron chi connectivity index (χ0n) is 10.7. The average Bonchev–Trinajstić information content (AvgIpc) is 3.12. The molecule has 3 rings (SSSR count). The summed E-state index contributed by atoms with van der Waals surface area (Å²) in [5.74, 6) is 0.0252. The van der Waals surface area contributed by atoms with Crippen LogP contribution in [0, 0.1) is 0 Å². The van der Waals surface area contributed by atoms with Crippen LogP contribution >= 0.6 is 0 Å². The second-order valence-corrected chi connectivity index (χ2v) is 5.02. The Hall–Kier alpha value is -2.10. The number of rotatable bonds is 3. The molecule has 0 spiro atoms. The lowest BCUT2D eigenvalue weighted by atomic mass is 10.1. The Bertz CT molecular complexity index is 557. The van der Waals surface area contributed by atoms with E-state index < -0.39 is 0 Å². The van der Waals surface area contributed by atoms with Gasteiger partial charge in [-0.15, -0.1) is 0 Å². The van der Waals surface area contributed by atoms with Crippen molar-refractivity contribution < 1.29 is 4.79 Å².